The predicted molar refractivity (Wildman–Crippen MR) is 86.6 cm³/mol. The molecule has 0 bridgehead atoms. The SMILES string of the molecule is CCOC(=O)N1CCN(S(=O)(=O)N2CCc3ccccc32)CC1. The summed E-state index contributed by atoms with van der Waals surface area (Å²) in [5, 5.41) is 0. The lowest BCUT2D eigenvalue weighted by Gasteiger charge is -2.35. The highest BCUT2D eigenvalue weighted by Crippen LogP contribution is 2.31. The molecule has 0 radical (unpaired) electrons. The second-order valence-electron chi connectivity index (χ2n) is 5.54. The van der Waals surface area contributed by atoms with Crippen molar-refractivity contribution in [2.24, 2.45) is 0 Å². The predicted octanol–water partition coefficient (Wildman–Crippen LogP) is 1.07. The normalized spacial score (nSPS) is 18.8. The summed E-state index contributed by atoms with van der Waals surface area (Å²) < 4.78 is 33.6. The van der Waals surface area contributed by atoms with Crippen molar-refractivity contribution in [3.8, 4) is 0 Å². The molecule has 1 aromatic rings. The minimum absolute atomic E-state index is 0.291. The van der Waals surface area contributed by atoms with Crippen molar-refractivity contribution in [1.82, 2.24) is 9.21 Å². The molecule has 2 aliphatic rings. The topological polar surface area (TPSA) is 70.2 Å². The van der Waals surface area contributed by atoms with E-state index in [9.17, 15) is 13.2 Å². The first kappa shape index (κ1) is 16.1. The van der Waals surface area contributed by atoms with Crippen LogP contribution in [0.4, 0.5) is 10.5 Å². The van der Waals surface area contributed by atoms with Crippen LogP contribution < -0.4 is 4.31 Å². The van der Waals surface area contributed by atoms with Crippen molar-refractivity contribution in [1.29, 1.82) is 0 Å². The number of nitrogens with zero attached hydrogens (tertiary/aromatic N) is 3. The first-order valence-electron chi connectivity index (χ1n) is 7.81. The summed E-state index contributed by atoms with van der Waals surface area (Å²) >= 11 is 0. The number of carbonyl (C=O) groups is 1. The van der Waals surface area contributed by atoms with Crippen molar-refractivity contribution in [2.75, 3.05) is 43.6 Å². The monoisotopic (exact) mass is 339 g/mol. The Kier molecular flexibility index (Phi) is 4.45. The Morgan fingerprint density at radius 1 is 1.13 bits per heavy atom. The van der Waals surface area contributed by atoms with Gasteiger partial charge in [-0.25, -0.2) is 4.79 Å². The van der Waals surface area contributed by atoms with Crippen molar-refractivity contribution >= 4 is 22.0 Å². The van der Waals surface area contributed by atoms with Gasteiger partial charge in [0.15, 0.2) is 0 Å². The Morgan fingerprint density at radius 2 is 1.83 bits per heavy atom. The van der Waals surface area contributed by atoms with Gasteiger partial charge in [0, 0.05) is 32.7 Å². The van der Waals surface area contributed by atoms with Crippen molar-refractivity contribution in [3.05, 3.63) is 29.8 Å². The van der Waals surface area contributed by atoms with Crippen LogP contribution in [0.3, 0.4) is 0 Å². The van der Waals surface area contributed by atoms with E-state index < -0.39 is 10.2 Å². The summed E-state index contributed by atoms with van der Waals surface area (Å²) in [5.41, 5.74) is 1.82. The van der Waals surface area contributed by atoms with Crippen LogP contribution in [0.25, 0.3) is 0 Å². The van der Waals surface area contributed by atoms with Crippen LogP contribution >= 0.6 is 0 Å². The van der Waals surface area contributed by atoms with Crippen LogP contribution in [0.2, 0.25) is 0 Å². The number of benzene rings is 1. The third-order valence-corrected chi connectivity index (χ3v) is 6.17. The third-order valence-electron chi connectivity index (χ3n) is 4.21. The number of hydrogen-bond acceptors (Lipinski definition) is 4. The Balaban J connectivity index is 1.70. The largest absolute Gasteiger partial charge is 0.450 e. The molecule has 0 unspecified atom stereocenters. The Morgan fingerprint density at radius 3 is 2.52 bits per heavy atom. The van der Waals surface area contributed by atoms with Gasteiger partial charge in [0.05, 0.1) is 12.3 Å². The number of amides is 1. The fraction of sp³-hybridized carbons (Fsp3) is 0.533. The van der Waals surface area contributed by atoms with E-state index in [1.54, 1.807) is 11.8 Å². The minimum Gasteiger partial charge on any atom is -0.450 e. The van der Waals surface area contributed by atoms with Crippen LogP contribution in [-0.4, -0.2) is 63.0 Å². The summed E-state index contributed by atoms with van der Waals surface area (Å²) in [6, 6.07) is 7.58. The number of hydrogen-bond donors (Lipinski definition) is 0. The standard InChI is InChI=1S/C15H21N3O4S/c1-2-22-15(19)16-9-11-17(12-10-16)23(20,21)18-8-7-13-5-3-4-6-14(13)18/h3-6H,2,7-12H2,1H3. The number of carbonyl (C=O) groups excluding carboxylic acids is 1. The van der Waals surface area contributed by atoms with Crippen LogP contribution in [0.1, 0.15) is 12.5 Å². The van der Waals surface area contributed by atoms with E-state index in [4.69, 9.17) is 4.74 Å². The lowest BCUT2D eigenvalue weighted by Crippen LogP contribution is -2.54. The van der Waals surface area contributed by atoms with E-state index in [-0.39, 0.29) is 6.09 Å². The molecule has 0 N–H and O–H groups in total. The van der Waals surface area contributed by atoms with Gasteiger partial charge in [-0.1, -0.05) is 18.2 Å². The lowest BCUT2D eigenvalue weighted by molar-refractivity contribution is 0.0934. The molecule has 8 heteroatoms. The van der Waals surface area contributed by atoms with Gasteiger partial charge in [-0.2, -0.15) is 12.7 Å². The molecular weight excluding hydrogens is 318 g/mol. The second-order valence-corrected chi connectivity index (χ2v) is 7.40. The summed E-state index contributed by atoms with van der Waals surface area (Å²) in [7, 11) is -3.55. The molecule has 1 fully saturated rings. The lowest BCUT2D eigenvalue weighted by atomic mass is 10.2. The summed E-state index contributed by atoms with van der Waals surface area (Å²) in [6.45, 7) is 3.84. The number of rotatable bonds is 3. The van der Waals surface area contributed by atoms with Gasteiger partial charge in [-0.3, -0.25) is 4.31 Å². The molecule has 0 atom stereocenters. The highest BCUT2D eigenvalue weighted by atomic mass is 32.2. The zero-order valence-corrected chi connectivity index (χ0v) is 14.0. The fourth-order valence-corrected chi connectivity index (χ4v) is 4.66. The zero-order valence-electron chi connectivity index (χ0n) is 13.1. The molecule has 2 aliphatic heterocycles. The van der Waals surface area contributed by atoms with Crippen LogP contribution in [-0.2, 0) is 21.4 Å². The molecule has 23 heavy (non-hydrogen) atoms. The molecule has 2 heterocycles. The molecule has 0 spiro atoms. The van der Waals surface area contributed by atoms with E-state index in [1.165, 1.54) is 8.61 Å². The Hall–Kier alpha value is -1.80. The van der Waals surface area contributed by atoms with E-state index in [0.29, 0.717) is 39.3 Å². The second kappa shape index (κ2) is 6.37. The van der Waals surface area contributed by atoms with E-state index >= 15 is 0 Å². The molecule has 1 saturated heterocycles. The first-order valence-corrected chi connectivity index (χ1v) is 9.21. The molecule has 126 valence electrons. The fourth-order valence-electron chi connectivity index (χ4n) is 3.00. The molecule has 3 rings (SSSR count). The molecule has 1 amide bonds. The van der Waals surface area contributed by atoms with Gasteiger partial charge < -0.3 is 9.64 Å². The van der Waals surface area contributed by atoms with Gasteiger partial charge in [0.25, 0.3) is 0 Å². The van der Waals surface area contributed by atoms with Crippen LogP contribution in [0.5, 0.6) is 0 Å². The van der Waals surface area contributed by atoms with E-state index in [0.717, 1.165) is 17.7 Å². The number of para-hydroxylation sites is 1. The summed E-state index contributed by atoms with van der Waals surface area (Å²) in [4.78, 5) is 13.2. The Bertz CT molecular complexity index is 684. The summed E-state index contributed by atoms with van der Waals surface area (Å²) in [5.74, 6) is 0. The maximum Gasteiger partial charge on any atom is 0.409 e. The minimum atomic E-state index is -3.55. The van der Waals surface area contributed by atoms with Crippen LogP contribution in [0.15, 0.2) is 24.3 Å². The van der Waals surface area contributed by atoms with E-state index in [2.05, 4.69) is 0 Å². The maximum absolute atomic E-state index is 12.9. The third kappa shape index (κ3) is 3.00. The molecule has 0 aliphatic carbocycles. The average molecular weight is 339 g/mol. The maximum atomic E-state index is 12.9. The molecule has 0 aromatic heterocycles. The van der Waals surface area contributed by atoms with Gasteiger partial charge in [0.2, 0.25) is 0 Å². The highest BCUT2D eigenvalue weighted by Gasteiger charge is 2.36. The quantitative estimate of drug-likeness (QED) is 0.826. The van der Waals surface area contributed by atoms with Gasteiger partial charge in [-0.05, 0) is 25.0 Å². The van der Waals surface area contributed by atoms with Gasteiger partial charge in [0.1, 0.15) is 0 Å². The number of anilines is 1. The first-order chi connectivity index (χ1) is 11.0. The van der Waals surface area contributed by atoms with Gasteiger partial charge >= 0.3 is 16.3 Å². The van der Waals surface area contributed by atoms with Crippen molar-refractivity contribution in [2.45, 2.75) is 13.3 Å². The molecular formula is C15H21N3O4S. The van der Waals surface area contributed by atoms with E-state index in [1.807, 2.05) is 24.3 Å². The van der Waals surface area contributed by atoms with Crippen LogP contribution in [0, 0.1) is 0 Å². The number of fused-ring (bicyclic) bond motifs is 1. The molecule has 1 aromatic carbocycles. The van der Waals surface area contributed by atoms with Crippen molar-refractivity contribution in [3.63, 3.8) is 0 Å². The highest BCUT2D eigenvalue weighted by molar-refractivity contribution is 7.90. The van der Waals surface area contributed by atoms with Crippen molar-refractivity contribution < 1.29 is 17.9 Å². The smallest absolute Gasteiger partial charge is 0.409 e. The Labute approximate surface area is 136 Å². The summed E-state index contributed by atoms with van der Waals surface area (Å²) in [6.07, 6.45) is 0.356. The van der Waals surface area contributed by atoms with Gasteiger partial charge in [-0.15, -0.1) is 0 Å². The molecule has 0 saturated carbocycles. The zero-order chi connectivity index (χ0) is 16.4. The number of piperazine rings is 1. The number of ether oxygens (including phenoxy) is 1. The molecule has 7 nitrogen and oxygen atoms in total. The average Bonchev–Trinajstić information content (AvgIpc) is 3.00.